The van der Waals surface area contributed by atoms with Crippen LogP contribution in [0, 0.1) is 13.8 Å². The molecular weight excluding hydrogens is 382 g/mol. The van der Waals surface area contributed by atoms with E-state index in [0.29, 0.717) is 0 Å². The summed E-state index contributed by atoms with van der Waals surface area (Å²) in [5.74, 6) is 0. The molecule has 0 radical (unpaired) electrons. The fraction of sp³-hybridized carbons (Fsp3) is 0.833. The van der Waals surface area contributed by atoms with Crippen LogP contribution in [0.5, 0.6) is 0 Å². The summed E-state index contributed by atoms with van der Waals surface area (Å²) in [6, 6.07) is 0. The molecule has 0 fully saturated rings. The van der Waals surface area contributed by atoms with E-state index in [-0.39, 0.29) is 34.7 Å². The van der Waals surface area contributed by atoms with Gasteiger partial charge in [0.1, 0.15) is 0 Å². The molecule has 0 heterocycles. The van der Waals surface area contributed by atoms with E-state index >= 15 is 0 Å². The molecule has 0 saturated heterocycles. The molecule has 0 bridgehead atoms. The third-order valence-electron chi connectivity index (χ3n) is 0.503. The zero-order valence-electron chi connectivity index (χ0n) is 12.5. The van der Waals surface area contributed by atoms with Crippen LogP contribution in [0.1, 0.15) is 27.7 Å². The summed E-state index contributed by atoms with van der Waals surface area (Å²) in [5.41, 5.74) is 0. The molecule has 124 valence electrons. The monoisotopic (exact) mass is 406 g/mol. The molecular formula is C12H26Cl4O3Ti. The Morgan fingerprint density at radius 2 is 0.850 bits per heavy atom. The molecule has 20 heavy (non-hydrogen) atoms. The summed E-state index contributed by atoms with van der Waals surface area (Å²) < 4.78 is 8.25. The average molecular weight is 408 g/mol. The zero-order valence-corrected chi connectivity index (χ0v) is 17.0. The van der Waals surface area contributed by atoms with Gasteiger partial charge >= 0.3 is 23.7 Å². The van der Waals surface area contributed by atoms with E-state index in [0.717, 1.165) is 20.4 Å². The van der Waals surface area contributed by atoms with Crippen molar-refractivity contribution in [3.05, 3.63) is 13.8 Å². The molecule has 0 aliphatic heterocycles. The van der Waals surface area contributed by atoms with E-state index in [1.807, 2.05) is 13.8 Å². The van der Waals surface area contributed by atoms with Crippen molar-refractivity contribution in [2.45, 2.75) is 49.2 Å². The van der Waals surface area contributed by atoms with Crippen LogP contribution in [-0.2, 0) is 23.7 Å². The van der Waals surface area contributed by atoms with Crippen LogP contribution in [0.25, 0.3) is 0 Å². The van der Waals surface area contributed by atoms with E-state index in [9.17, 15) is 0 Å². The molecule has 0 aromatic rings. The number of aliphatic hydroxyl groups is 2. The Morgan fingerprint density at radius 3 is 0.850 bits per heavy atom. The van der Waals surface area contributed by atoms with E-state index in [2.05, 4.69) is 13.8 Å². The number of aliphatic hydroxyl groups excluding tert-OH is 2. The summed E-state index contributed by atoms with van der Waals surface area (Å²) >= 11 is 21.5. The van der Waals surface area contributed by atoms with Crippen molar-refractivity contribution in [2.24, 2.45) is 0 Å². The van der Waals surface area contributed by atoms with Crippen LogP contribution in [0.15, 0.2) is 0 Å². The first-order valence-corrected chi connectivity index (χ1v) is 8.04. The molecule has 0 aromatic carbocycles. The molecule has 3 nitrogen and oxygen atoms in total. The van der Waals surface area contributed by atoms with Crippen molar-refractivity contribution in [2.75, 3.05) is 13.2 Å². The van der Waals surface area contributed by atoms with Gasteiger partial charge in [0.25, 0.3) is 0 Å². The predicted molar refractivity (Wildman–Crippen MR) is 86.8 cm³/mol. The molecule has 4 atom stereocenters. The third-order valence-corrected chi connectivity index (χ3v) is 0.779. The maximum absolute atomic E-state index is 8.25. The van der Waals surface area contributed by atoms with Crippen molar-refractivity contribution in [1.29, 1.82) is 0 Å². The zero-order chi connectivity index (χ0) is 17.7. The molecule has 0 aromatic heterocycles. The number of rotatable bonds is 2. The van der Waals surface area contributed by atoms with Crippen LogP contribution in [0.3, 0.4) is 0 Å². The van der Waals surface area contributed by atoms with Crippen LogP contribution >= 0.6 is 46.4 Å². The van der Waals surface area contributed by atoms with Crippen molar-refractivity contribution in [3.8, 4) is 0 Å². The maximum atomic E-state index is 8.25. The molecule has 2 N–H and O–H groups in total. The Labute approximate surface area is 156 Å². The van der Waals surface area contributed by atoms with Gasteiger partial charge in [-0.3, -0.25) is 0 Å². The molecule has 4 unspecified atom stereocenters. The molecule has 0 aliphatic carbocycles. The van der Waals surface area contributed by atoms with Gasteiger partial charge in [-0.05, 0) is 13.8 Å². The minimum absolute atomic E-state index is 0.0556. The Bertz CT molecular complexity index is 120. The summed E-state index contributed by atoms with van der Waals surface area (Å²) in [6.07, 6.45) is 0. The van der Waals surface area contributed by atoms with Crippen molar-refractivity contribution >= 4 is 46.4 Å². The number of alkyl halides is 4. The van der Waals surface area contributed by atoms with Crippen LogP contribution in [-0.4, -0.2) is 44.9 Å². The van der Waals surface area contributed by atoms with Crippen LogP contribution in [0.4, 0.5) is 0 Å². The summed E-state index contributed by atoms with van der Waals surface area (Å²) in [5, 5.41) is 16.0. The molecule has 0 spiro atoms. The first-order chi connectivity index (χ1) is 9.00. The second kappa shape index (κ2) is 32.5. The second-order valence-corrected chi connectivity index (χ2v) is 6.47. The van der Waals surface area contributed by atoms with Crippen molar-refractivity contribution in [3.63, 3.8) is 0 Å². The quantitative estimate of drug-likeness (QED) is 0.413. The normalized spacial score (nSPS) is 14.1. The number of halogens is 4. The van der Waals surface area contributed by atoms with Gasteiger partial charge in [0.15, 0.2) is 0 Å². The van der Waals surface area contributed by atoms with Crippen LogP contribution in [0.2, 0.25) is 0 Å². The van der Waals surface area contributed by atoms with Crippen LogP contribution < -0.4 is 0 Å². The number of hydrogen-bond acceptors (Lipinski definition) is 3. The Hall–Kier alpha value is 1.59. The van der Waals surface area contributed by atoms with Gasteiger partial charge in [-0.25, -0.2) is 0 Å². The van der Waals surface area contributed by atoms with Crippen molar-refractivity contribution in [1.82, 2.24) is 0 Å². The SMILES string of the molecule is CC(Cl)CO.CC(Cl)CO.[CH2-]C(C)Cl.[CH2-]C(C)Cl.[O]=[Ti+2]. The van der Waals surface area contributed by atoms with Gasteiger partial charge in [-0.1, -0.05) is 24.6 Å². The summed E-state index contributed by atoms with van der Waals surface area (Å²) in [4.78, 5) is 0. The molecule has 8 heteroatoms. The number of hydrogen-bond donors (Lipinski definition) is 2. The van der Waals surface area contributed by atoms with Gasteiger partial charge in [-0.15, -0.1) is 23.2 Å². The predicted octanol–water partition coefficient (Wildman–Crippen LogP) is 3.99. The first-order valence-electron chi connectivity index (χ1n) is 5.65. The Morgan fingerprint density at radius 1 is 0.800 bits per heavy atom. The first kappa shape index (κ1) is 33.3. The topological polar surface area (TPSA) is 57.5 Å². The van der Waals surface area contributed by atoms with E-state index in [1.54, 1.807) is 13.8 Å². The van der Waals surface area contributed by atoms with Gasteiger partial charge < -0.3 is 24.1 Å². The van der Waals surface area contributed by atoms with Crippen molar-refractivity contribution < 1.29 is 33.9 Å². The van der Waals surface area contributed by atoms with Gasteiger partial charge in [0.2, 0.25) is 0 Å². The van der Waals surface area contributed by atoms with Gasteiger partial charge in [0, 0.05) is 0 Å². The minimum atomic E-state index is -0.0880. The average Bonchev–Trinajstić information content (AvgIpc) is 2.30. The molecule has 0 saturated carbocycles. The standard InChI is InChI=1S/2C3H7ClO.2C3H6Cl.O.Ti/c2*1-3(4)2-5;2*1-3(2)4;;/h2*3,5H,2H2,1H3;2*3H,1H2,2H3;;/q;;2*-1;;+2. The third kappa shape index (κ3) is 216. The molecule has 0 rings (SSSR count). The van der Waals surface area contributed by atoms with Gasteiger partial charge in [-0.2, -0.15) is 23.2 Å². The molecule has 0 aliphatic rings. The van der Waals surface area contributed by atoms with E-state index in [4.69, 9.17) is 59.9 Å². The van der Waals surface area contributed by atoms with E-state index < -0.39 is 0 Å². The Kier molecular flexibility index (Phi) is 54.1. The fourth-order valence-electron chi connectivity index (χ4n) is 0. The fourth-order valence-corrected chi connectivity index (χ4v) is 0. The molecule has 0 amide bonds. The van der Waals surface area contributed by atoms with Gasteiger partial charge in [0.05, 0.1) is 24.0 Å². The second-order valence-electron chi connectivity index (χ2n) is 3.49. The Balaban J connectivity index is -0.0000000482. The summed E-state index contributed by atoms with van der Waals surface area (Å²) in [7, 11) is 0. The summed E-state index contributed by atoms with van der Waals surface area (Å²) in [6.45, 7) is 14.1. The van der Waals surface area contributed by atoms with E-state index in [1.165, 1.54) is 0 Å².